The Morgan fingerprint density at radius 2 is 1.60 bits per heavy atom. The van der Waals surface area contributed by atoms with Crippen LogP contribution in [0.2, 0.25) is 0 Å². The van der Waals surface area contributed by atoms with E-state index < -0.39 is 0 Å². The fraction of sp³-hybridized carbons (Fsp3) is 0.241. The number of hydrogen-bond donors (Lipinski definition) is 0. The number of benzene rings is 3. The zero-order valence-electron chi connectivity index (χ0n) is 20.3. The summed E-state index contributed by atoms with van der Waals surface area (Å²) in [7, 11) is 3.34. The first-order chi connectivity index (χ1) is 17.1. The maximum Gasteiger partial charge on any atom is 0.254 e. The van der Waals surface area contributed by atoms with E-state index in [-0.39, 0.29) is 5.91 Å². The van der Waals surface area contributed by atoms with Crippen molar-refractivity contribution < 1.29 is 14.3 Å². The summed E-state index contributed by atoms with van der Waals surface area (Å²) in [5, 5.41) is 0.873. The molecule has 0 radical (unpaired) electrons. The number of rotatable bonds is 5. The van der Waals surface area contributed by atoms with E-state index in [0.717, 1.165) is 58.0 Å². The van der Waals surface area contributed by atoms with Gasteiger partial charge in [-0.3, -0.25) is 4.79 Å². The van der Waals surface area contributed by atoms with Gasteiger partial charge < -0.3 is 19.3 Å². The topological polar surface area (TPSA) is 54.9 Å². The molecule has 0 saturated carbocycles. The lowest BCUT2D eigenvalue weighted by Crippen LogP contribution is -2.48. The number of methoxy groups -OCH3 is 2. The van der Waals surface area contributed by atoms with Gasteiger partial charge in [-0.05, 0) is 55.0 Å². The van der Waals surface area contributed by atoms with E-state index in [4.69, 9.17) is 14.5 Å². The predicted octanol–water partition coefficient (Wildman–Crippen LogP) is 5.19. The van der Waals surface area contributed by atoms with Gasteiger partial charge in [0, 0.05) is 42.8 Å². The quantitative estimate of drug-likeness (QED) is 0.404. The maximum absolute atomic E-state index is 13.7. The number of amides is 1. The number of nitrogens with zero attached hydrogens (tertiary/aromatic N) is 3. The first kappa shape index (κ1) is 22.7. The lowest BCUT2D eigenvalue weighted by molar-refractivity contribution is 0.0748. The Morgan fingerprint density at radius 1 is 0.857 bits per heavy atom. The molecular formula is C29H29N3O3. The SMILES string of the molecule is COc1ccc(N2CCN(C(=O)c3cc(-c4ccc(C)c(OC)c4)nc4ccccc34)CC2)cc1. The molecule has 1 aliphatic rings. The molecule has 4 aromatic rings. The normalized spacial score (nSPS) is 13.7. The number of aromatic nitrogens is 1. The number of para-hydroxylation sites is 1. The second-order valence-corrected chi connectivity index (χ2v) is 8.73. The second kappa shape index (κ2) is 9.66. The number of anilines is 1. The highest BCUT2D eigenvalue weighted by Crippen LogP contribution is 2.30. The Morgan fingerprint density at radius 3 is 2.31 bits per heavy atom. The molecule has 0 bridgehead atoms. The highest BCUT2D eigenvalue weighted by atomic mass is 16.5. The van der Waals surface area contributed by atoms with Crippen LogP contribution in [0.4, 0.5) is 5.69 Å². The summed E-state index contributed by atoms with van der Waals surface area (Å²) in [5.74, 6) is 1.69. The van der Waals surface area contributed by atoms with Gasteiger partial charge in [-0.2, -0.15) is 0 Å². The number of piperazine rings is 1. The van der Waals surface area contributed by atoms with Crippen molar-refractivity contribution in [1.82, 2.24) is 9.88 Å². The molecule has 1 aromatic heterocycles. The number of carbonyl (C=O) groups excluding carboxylic acids is 1. The van der Waals surface area contributed by atoms with Crippen molar-refractivity contribution in [2.75, 3.05) is 45.3 Å². The fourth-order valence-corrected chi connectivity index (χ4v) is 4.61. The number of fused-ring (bicyclic) bond motifs is 1. The molecule has 3 aromatic carbocycles. The zero-order chi connectivity index (χ0) is 24.4. The highest BCUT2D eigenvalue weighted by molar-refractivity contribution is 6.07. The summed E-state index contributed by atoms with van der Waals surface area (Å²) in [6.07, 6.45) is 0. The molecule has 0 unspecified atom stereocenters. The predicted molar refractivity (Wildman–Crippen MR) is 140 cm³/mol. The van der Waals surface area contributed by atoms with Crippen LogP contribution in [-0.2, 0) is 0 Å². The van der Waals surface area contributed by atoms with Crippen molar-refractivity contribution in [1.29, 1.82) is 0 Å². The van der Waals surface area contributed by atoms with Gasteiger partial charge in [0.15, 0.2) is 0 Å². The Labute approximate surface area is 205 Å². The van der Waals surface area contributed by atoms with E-state index in [9.17, 15) is 4.79 Å². The summed E-state index contributed by atoms with van der Waals surface area (Å²) in [6.45, 7) is 4.90. The molecule has 178 valence electrons. The van der Waals surface area contributed by atoms with Crippen molar-refractivity contribution in [3.63, 3.8) is 0 Å². The van der Waals surface area contributed by atoms with E-state index in [1.165, 1.54) is 0 Å². The monoisotopic (exact) mass is 467 g/mol. The summed E-state index contributed by atoms with van der Waals surface area (Å²) >= 11 is 0. The van der Waals surface area contributed by atoms with Crippen LogP contribution in [0, 0.1) is 6.92 Å². The van der Waals surface area contributed by atoms with Crippen LogP contribution in [0.25, 0.3) is 22.2 Å². The Bertz CT molecular complexity index is 1360. The average molecular weight is 468 g/mol. The van der Waals surface area contributed by atoms with Crippen LogP contribution < -0.4 is 14.4 Å². The number of hydrogen-bond acceptors (Lipinski definition) is 5. The van der Waals surface area contributed by atoms with Crippen molar-refractivity contribution in [2.24, 2.45) is 0 Å². The molecule has 1 saturated heterocycles. The minimum atomic E-state index is 0.0401. The van der Waals surface area contributed by atoms with Crippen molar-refractivity contribution >= 4 is 22.5 Å². The number of carbonyl (C=O) groups is 1. The average Bonchev–Trinajstić information content (AvgIpc) is 2.92. The number of aryl methyl sites for hydroxylation is 1. The third-order valence-electron chi connectivity index (χ3n) is 6.65. The van der Waals surface area contributed by atoms with E-state index >= 15 is 0 Å². The van der Waals surface area contributed by atoms with Crippen LogP contribution in [-0.4, -0.2) is 56.2 Å². The minimum absolute atomic E-state index is 0.0401. The standard InChI is InChI=1S/C29H29N3O3/c1-20-8-9-21(18-28(20)35-3)27-19-25(24-6-4-5-7-26(24)30-27)29(33)32-16-14-31(15-17-32)22-10-12-23(34-2)13-11-22/h4-13,18-19H,14-17H2,1-3H3. The van der Waals surface area contributed by atoms with Crippen LogP contribution >= 0.6 is 0 Å². The van der Waals surface area contributed by atoms with Gasteiger partial charge in [0.1, 0.15) is 11.5 Å². The molecule has 6 heteroatoms. The van der Waals surface area contributed by atoms with Gasteiger partial charge in [-0.25, -0.2) is 4.98 Å². The lowest BCUT2D eigenvalue weighted by atomic mass is 10.0. The summed E-state index contributed by atoms with van der Waals surface area (Å²) in [5.41, 5.74) is 5.39. The second-order valence-electron chi connectivity index (χ2n) is 8.73. The highest BCUT2D eigenvalue weighted by Gasteiger charge is 2.24. The van der Waals surface area contributed by atoms with Crippen LogP contribution in [0.5, 0.6) is 11.5 Å². The first-order valence-electron chi connectivity index (χ1n) is 11.8. The van der Waals surface area contributed by atoms with Gasteiger partial charge in [0.25, 0.3) is 5.91 Å². The lowest BCUT2D eigenvalue weighted by Gasteiger charge is -2.36. The molecular weight excluding hydrogens is 438 g/mol. The molecule has 1 fully saturated rings. The Hall–Kier alpha value is -4.06. The third-order valence-corrected chi connectivity index (χ3v) is 6.65. The van der Waals surface area contributed by atoms with E-state index in [0.29, 0.717) is 18.7 Å². The summed E-state index contributed by atoms with van der Waals surface area (Å²) in [4.78, 5) is 22.8. The number of pyridine rings is 1. The van der Waals surface area contributed by atoms with Crippen LogP contribution in [0.3, 0.4) is 0 Å². The fourth-order valence-electron chi connectivity index (χ4n) is 4.61. The van der Waals surface area contributed by atoms with Gasteiger partial charge >= 0.3 is 0 Å². The van der Waals surface area contributed by atoms with Crippen molar-refractivity contribution in [3.05, 3.63) is 83.9 Å². The van der Waals surface area contributed by atoms with Gasteiger partial charge in [0.05, 0.1) is 31.0 Å². The summed E-state index contributed by atoms with van der Waals surface area (Å²) < 4.78 is 10.8. The molecule has 1 aliphatic heterocycles. The molecule has 2 heterocycles. The Kier molecular flexibility index (Phi) is 6.27. The Balaban J connectivity index is 1.42. The van der Waals surface area contributed by atoms with E-state index in [1.54, 1.807) is 14.2 Å². The van der Waals surface area contributed by atoms with Crippen LogP contribution in [0.1, 0.15) is 15.9 Å². The van der Waals surface area contributed by atoms with Crippen molar-refractivity contribution in [2.45, 2.75) is 6.92 Å². The molecule has 0 spiro atoms. The number of ether oxygens (including phenoxy) is 2. The summed E-state index contributed by atoms with van der Waals surface area (Å²) in [6, 6.07) is 23.9. The molecule has 5 rings (SSSR count). The molecule has 6 nitrogen and oxygen atoms in total. The van der Waals surface area contributed by atoms with Gasteiger partial charge in [0.2, 0.25) is 0 Å². The maximum atomic E-state index is 13.7. The molecule has 0 aliphatic carbocycles. The van der Waals surface area contributed by atoms with E-state index in [1.807, 2.05) is 72.5 Å². The largest absolute Gasteiger partial charge is 0.497 e. The minimum Gasteiger partial charge on any atom is -0.497 e. The molecule has 0 atom stereocenters. The van der Waals surface area contributed by atoms with Crippen molar-refractivity contribution in [3.8, 4) is 22.8 Å². The first-order valence-corrected chi connectivity index (χ1v) is 11.8. The zero-order valence-corrected chi connectivity index (χ0v) is 20.3. The van der Waals surface area contributed by atoms with E-state index in [2.05, 4.69) is 17.0 Å². The van der Waals surface area contributed by atoms with Crippen LogP contribution in [0.15, 0.2) is 72.8 Å². The molecule has 35 heavy (non-hydrogen) atoms. The molecule has 0 N–H and O–H groups in total. The van der Waals surface area contributed by atoms with Gasteiger partial charge in [-0.1, -0.05) is 30.3 Å². The molecule has 1 amide bonds. The smallest absolute Gasteiger partial charge is 0.254 e. The van der Waals surface area contributed by atoms with Gasteiger partial charge in [-0.15, -0.1) is 0 Å². The third kappa shape index (κ3) is 4.52.